The van der Waals surface area contributed by atoms with Crippen molar-refractivity contribution in [1.29, 1.82) is 0 Å². The number of aromatic nitrogens is 3. The zero-order valence-electron chi connectivity index (χ0n) is 12.7. The van der Waals surface area contributed by atoms with Crippen molar-refractivity contribution in [3.63, 3.8) is 0 Å². The first-order chi connectivity index (χ1) is 11.3. The molecule has 0 aliphatic carbocycles. The Balaban J connectivity index is 1.92. The van der Waals surface area contributed by atoms with Crippen LogP contribution in [0.4, 0.5) is 5.82 Å². The Morgan fingerprint density at radius 2 is 2.09 bits per heavy atom. The van der Waals surface area contributed by atoms with Gasteiger partial charge in [0.05, 0.1) is 11.4 Å². The van der Waals surface area contributed by atoms with Crippen molar-refractivity contribution in [3.05, 3.63) is 58.8 Å². The summed E-state index contributed by atoms with van der Waals surface area (Å²) in [5.41, 5.74) is 4.44. The van der Waals surface area contributed by atoms with E-state index in [9.17, 15) is 0 Å². The molecule has 4 rings (SSSR count). The number of halogens is 1. The second-order valence-corrected chi connectivity index (χ2v) is 6.61. The third-order valence-corrected chi connectivity index (χ3v) is 4.61. The van der Waals surface area contributed by atoms with Crippen molar-refractivity contribution in [2.24, 2.45) is 0 Å². The summed E-state index contributed by atoms with van der Waals surface area (Å²) in [6.07, 6.45) is 7.09. The normalized spacial score (nSPS) is 14.0. The first-order valence-electron chi connectivity index (χ1n) is 7.85. The summed E-state index contributed by atoms with van der Waals surface area (Å²) in [7, 11) is 0. The van der Waals surface area contributed by atoms with Crippen LogP contribution >= 0.6 is 15.9 Å². The van der Waals surface area contributed by atoms with Gasteiger partial charge in [0.25, 0.3) is 0 Å². The molecule has 4 nitrogen and oxygen atoms in total. The third-order valence-electron chi connectivity index (χ3n) is 4.12. The topological polar surface area (TPSA) is 42.7 Å². The largest absolute Gasteiger partial charge is 0.370 e. The van der Waals surface area contributed by atoms with Crippen molar-refractivity contribution in [2.45, 2.75) is 19.3 Å². The number of nitrogens with one attached hydrogen (secondary N) is 1. The number of hydrogen-bond donors (Lipinski definition) is 1. The average Bonchev–Trinajstić information content (AvgIpc) is 2.77. The first kappa shape index (κ1) is 14.5. The average molecular weight is 369 g/mol. The summed E-state index contributed by atoms with van der Waals surface area (Å²) in [6.45, 7) is 0.985. The predicted octanol–water partition coefficient (Wildman–Crippen LogP) is 4.45. The molecule has 5 heteroatoms. The van der Waals surface area contributed by atoms with E-state index in [2.05, 4.69) is 44.4 Å². The van der Waals surface area contributed by atoms with Crippen LogP contribution in [0, 0.1) is 0 Å². The fraction of sp³-hybridized carbons (Fsp3) is 0.222. The highest BCUT2D eigenvalue weighted by Gasteiger charge is 2.21. The van der Waals surface area contributed by atoms with E-state index in [0.29, 0.717) is 0 Å². The Morgan fingerprint density at radius 3 is 2.91 bits per heavy atom. The summed E-state index contributed by atoms with van der Waals surface area (Å²) in [5, 5.41) is 8.47. The highest BCUT2D eigenvalue weighted by atomic mass is 79.9. The molecular formula is C18H17BrN4. The van der Waals surface area contributed by atoms with Gasteiger partial charge in [0.2, 0.25) is 0 Å². The molecule has 0 saturated carbocycles. The maximum Gasteiger partial charge on any atom is 0.133 e. The van der Waals surface area contributed by atoms with Crippen LogP contribution in [0.2, 0.25) is 0 Å². The van der Waals surface area contributed by atoms with Gasteiger partial charge in [0, 0.05) is 34.5 Å². The number of anilines is 1. The lowest BCUT2D eigenvalue weighted by Gasteiger charge is -2.09. The molecule has 0 saturated heterocycles. The van der Waals surface area contributed by atoms with Crippen molar-refractivity contribution in [2.75, 3.05) is 11.9 Å². The lowest BCUT2D eigenvalue weighted by atomic mass is 10.1. The quantitative estimate of drug-likeness (QED) is 0.726. The van der Waals surface area contributed by atoms with Crippen molar-refractivity contribution in [1.82, 2.24) is 14.8 Å². The van der Waals surface area contributed by atoms with Crippen LogP contribution in [0.3, 0.4) is 0 Å². The first-order valence-corrected chi connectivity index (χ1v) is 8.64. The summed E-state index contributed by atoms with van der Waals surface area (Å²) >= 11 is 3.55. The van der Waals surface area contributed by atoms with Gasteiger partial charge in [0.15, 0.2) is 0 Å². The van der Waals surface area contributed by atoms with Crippen molar-refractivity contribution in [3.8, 4) is 16.9 Å². The van der Waals surface area contributed by atoms with E-state index in [4.69, 9.17) is 5.10 Å². The summed E-state index contributed by atoms with van der Waals surface area (Å²) < 4.78 is 3.07. The second kappa shape index (κ2) is 6.16. The number of nitrogens with zero attached hydrogens (tertiary/aromatic N) is 3. The number of pyridine rings is 1. The Morgan fingerprint density at radius 1 is 1.13 bits per heavy atom. The molecule has 0 unspecified atom stereocenters. The molecule has 3 heterocycles. The van der Waals surface area contributed by atoms with Crippen LogP contribution in [0.5, 0.6) is 0 Å². The number of hydrogen-bond acceptors (Lipinski definition) is 3. The Hall–Kier alpha value is -2.14. The van der Waals surface area contributed by atoms with Gasteiger partial charge in [-0.1, -0.05) is 22.0 Å². The van der Waals surface area contributed by atoms with E-state index >= 15 is 0 Å². The molecule has 0 amide bonds. The van der Waals surface area contributed by atoms with Gasteiger partial charge in [-0.05, 0) is 49.6 Å². The van der Waals surface area contributed by atoms with E-state index in [-0.39, 0.29) is 0 Å². The molecule has 116 valence electrons. The molecule has 0 atom stereocenters. The molecule has 3 aromatic rings. The molecule has 1 N–H and O–H groups in total. The van der Waals surface area contributed by atoms with Gasteiger partial charge in [-0.25, -0.2) is 4.68 Å². The second-order valence-electron chi connectivity index (χ2n) is 5.69. The van der Waals surface area contributed by atoms with E-state index in [1.54, 1.807) is 6.20 Å². The SMILES string of the molecule is Brc1cccc(-n2nc(-c3cccnc3)c3c2NCCCC3)c1. The molecule has 0 spiro atoms. The molecule has 1 aliphatic heterocycles. The standard InChI is InChI=1S/C18H17BrN4/c19-14-6-3-7-15(11-14)23-18-16(8-1-2-10-21-18)17(22-23)13-5-4-9-20-12-13/h3-7,9,11-12,21H,1-2,8,10H2. The molecule has 1 aromatic carbocycles. The number of benzene rings is 1. The molecule has 0 radical (unpaired) electrons. The van der Waals surface area contributed by atoms with Crippen molar-refractivity contribution < 1.29 is 0 Å². The summed E-state index contributed by atoms with van der Waals surface area (Å²) in [6, 6.07) is 12.3. The maximum atomic E-state index is 4.91. The van der Waals surface area contributed by atoms with E-state index < -0.39 is 0 Å². The van der Waals surface area contributed by atoms with Crippen LogP contribution < -0.4 is 5.32 Å². The lowest BCUT2D eigenvalue weighted by molar-refractivity contribution is 0.780. The summed E-state index contributed by atoms with van der Waals surface area (Å²) in [4.78, 5) is 4.25. The Kier molecular flexibility index (Phi) is 3.87. The zero-order valence-corrected chi connectivity index (χ0v) is 14.3. The van der Waals surface area contributed by atoms with Gasteiger partial charge >= 0.3 is 0 Å². The van der Waals surface area contributed by atoms with Crippen LogP contribution in [0.15, 0.2) is 53.3 Å². The summed E-state index contributed by atoms with van der Waals surface area (Å²) in [5.74, 6) is 1.11. The monoisotopic (exact) mass is 368 g/mol. The number of fused-ring (bicyclic) bond motifs is 1. The fourth-order valence-electron chi connectivity index (χ4n) is 3.03. The highest BCUT2D eigenvalue weighted by molar-refractivity contribution is 9.10. The molecule has 1 aliphatic rings. The zero-order chi connectivity index (χ0) is 15.6. The molecular weight excluding hydrogens is 352 g/mol. The van der Waals surface area contributed by atoms with E-state index in [1.807, 2.05) is 29.1 Å². The van der Waals surface area contributed by atoms with E-state index in [1.165, 1.54) is 18.4 Å². The van der Waals surface area contributed by atoms with Crippen LogP contribution in [0.1, 0.15) is 18.4 Å². The predicted molar refractivity (Wildman–Crippen MR) is 95.9 cm³/mol. The van der Waals surface area contributed by atoms with Gasteiger partial charge in [-0.3, -0.25) is 4.98 Å². The molecule has 0 fully saturated rings. The van der Waals surface area contributed by atoms with Gasteiger partial charge < -0.3 is 5.32 Å². The van der Waals surface area contributed by atoms with E-state index in [0.717, 1.165) is 40.2 Å². The Bertz CT molecular complexity index is 826. The molecule has 0 bridgehead atoms. The van der Waals surface area contributed by atoms with Crippen molar-refractivity contribution >= 4 is 21.7 Å². The molecule has 2 aromatic heterocycles. The van der Waals surface area contributed by atoms with Gasteiger partial charge in [-0.15, -0.1) is 0 Å². The van der Waals surface area contributed by atoms with Crippen LogP contribution in [-0.2, 0) is 6.42 Å². The minimum absolute atomic E-state index is 0.985. The third kappa shape index (κ3) is 2.77. The minimum Gasteiger partial charge on any atom is -0.370 e. The highest BCUT2D eigenvalue weighted by Crippen LogP contribution is 2.33. The van der Waals surface area contributed by atoms with Crippen LogP contribution in [0.25, 0.3) is 16.9 Å². The van der Waals surface area contributed by atoms with Gasteiger partial charge in [-0.2, -0.15) is 5.10 Å². The smallest absolute Gasteiger partial charge is 0.133 e. The maximum absolute atomic E-state index is 4.91. The Labute approximate surface area is 143 Å². The fourth-order valence-corrected chi connectivity index (χ4v) is 3.42. The van der Waals surface area contributed by atoms with Gasteiger partial charge in [0.1, 0.15) is 5.82 Å². The molecule has 23 heavy (non-hydrogen) atoms. The number of rotatable bonds is 2. The van der Waals surface area contributed by atoms with Crippen LogP contribution in [-0.4, -0.2) is 21.3 Å². The lowest BCUT2D eigenvalue weighted by Crippen LogP contribution is -2.07. The minimum atomic E-state index is 0.985.